The van der Waals surface area contributed by atoms with Gasteiger partial charge in [0, 0.05) is 12.8 Å². The van der Waals surface area contributed by atoms with Gasteiger partial charge in [0.1, 0.15) is 12.1 Å². The molecule has 2 aliphatic rings. The third-order valence-corrected chi connectivity index (χ3v) is 4.90. The van der Waals surface area contributed by atoms with Crippen molar-refractivity contribution < 1.29 is 19.1 Å². The molecule has 0 saturated heterocycles. The Labute approximate surface area is 142 Å². The first-order valence-corrected chi connectivity index (χ1v) is 8.79. The number of hydrogen-bond donors (Lipinski definition) is 1. The first-order valence-electron chi connectivity index (χ1n) is 8.79. The van der Waals surface area contributed by atoms with Crippen molar-refractivity contribution in [1.82, 2.24) is 5.32 Å². The normalized spacial score (nSPS) is 19.0. The number of fused-ring (bicyclic) bond motifs is 1. The number of ether oxygens (including phenoxy) is 2. The lowest BCUT2D eigenvalue weighted by atomic mass is 9.95. The van der Waals surface area contributed by atoms with E-state index in [1.807, 2.05) is 24.3 Å². The van der Waals surface area contributed by atoms with Crippen LogP contribution in [0.25, 0.3) is 0 Å². The molecule has 1 fully saturated rings. The predicted octanol–water partition coefficient (Wildman–Crippen LogP) is 2.16. The number of amides is 1. The van der Waals surface area contributed by atoms with Crippen LogP contribution in [0.3, 0.4) is 0 Å². The van der Waals surface area contributed by atoms with Crippen molar-refractivity contribution in [3.8, 4) is 0 Å². The molecule has 0 aromatic heterocycles. The van der Waals surface area contributed by atoms with Gasteiger partial charge in [0.25, 0.3) is 0 Å². The third kappa shape index (κ3) is 3.61. The molecule has 3 rings (SSSR count). The number of esters is 1. The van der Waals surface area contributed by atoms with E-state index in [-0.39, 0.29) is 24.6 Å². The molecule has 0 atom stereocenters. The molecule has 5 heteroatoms. The van der Waals surface area contributed by atoms with Gasteiger partial charge < -0.3 is 14.8 Å². The Hall–Kier alpha value is -1.88. The molecule has 0 spiro atoms. The van der Waals surface area contributed by atoms with Crippen molar-refractivity contribution >= 4 is 11.9 Å². The van der Waals surface area contributed by atoms with E-state index in [1.165, 1.54) is 0 Å². The second kappa shape index (κ2) is 7.34. The fourth-order valence-electron chi connectivity index (χ4n) is 3.72. The Morgan fingerprint density at radius 3 is 2.38 bits per heavy atom. The number of carbonyl (C=O) groups is 2. The summed E-state index contributed by atoms with van der Waals surface area (Å²) in [5, 5.41) is 2.91. The molecule has 5 nitrogen and oxygen atoms in total. The van der Waals surface area contributed by atoms with Crippen LogP contribution in [0.15, 0.2) is 24.3 Å². The van der Waals surface area contributed by atoms with E-state index in [0.29, 0.717) is 19.4 Å². The Balaban J connectivity index is 1.67. The summed E-state index contributed by atoms with van der Waals surface area (Å²) in [5.74, 6) is -0.613. The average molecular weight is 331 g/mol. The highest BCUT2D eigenvalue weighted by molar-refractivity contribution is 5.90. The van der Waals surface area contributed by atoms with Crippen molar-refractivity contribution in [1.29, 1.82) is 0 Å². The molecule has 0 aliphatic heterocycles. The fraction of sp³-hybridized carbons (Fsp3) is 0.579. The van der Waals surface area contributed by atoms with Gasteiger partial charge in [-0.05, 0) is 30.9 Å². The van der Waals surface area contributed by atoms with Crippen LogP contribution in [0.4, 0.5) is 0 Å². The van der Waals surface area contributed by atoms with Gasteiger partial charge in [-0.1, -0.05) is 37.1 Å². The van der Waals surface area contributed by atoms with Gasteiger partial charge in [0.2, 0.25) is 5.91 Å². The molecule has 2 aliphatic carbocycles. The maximum Gasteiger partial charge on any atom is 0.332 e. The van der Waals surface area contributed by atoms with Gasteiger partial charge in [-0.2, -0.15) is 0 Å². The molecule has 0 radical (unpaired) electrons. The summed E-state index contributed by atoms with van der Waals surface area (Å²) in [5.41, 5.74) is 1.17. The largest absolute Gasteiger partial charge is 0.464 e. The van der Waals surface area contributed by atoms with E-state index >= 15 is 0 Å². The first-order chi connectivity index (χ1) is 11.6. The highest BCUT2D eigenvalue weighted by Crippen LogP contribution is 2.31. The Morgan fingerprint density at radius 1 is 1.17 bits per heavy atom. The van der Waals surface area contributed by atoms with Gasteiger partial charge in [0.05, 0.1) is 12.7 Å². The van der Waals surface area contributed by atoms with Crippen LogP contribution in [0.5, 0.6) is 0 Å². The minimum atomic E-state index is -1.00. The maximum absolute atomic E-state index is 12.6. The van der Waals surface area contributed by atoms with Gasteiger partial charge >= 0.3 is 5.97 Å². The molecular weight excluding hydrogens is 306 g/mol. The van der Waals surface area contributed by atoms with E-state index in [4.69, 9.17) is 9.47 Å². The smallest absolute Gasteiger partial charge is 0.332 e. The highest BCUT2D eigenvalue weighted by Gasteiger charge is 2.46. The molecule has 0 heterocycles. The van der Waals surface area contributed by atoms with E-state index in [9.17, 15) is 9.59 Å². The summed E-state index contributed by atoms with van der Waals surface area (Å²) in [7, 11) is 0. The lowest BCUT2D eigenvalue weighted by Gasteiger charge is -2.28. The van der Waals surface area contributed by atoms with Gasteiger partial charge in [0.15, 0.2) is 0 Å². The van der Waals surface area contributed by atoms with E-state index in [1.54, 1.807) is 6.92 Å². The van der Waals surface area contributed by atoms with Crippen molar-refractivity contribution in [2.24, 2.45) is 0 Å². The highest BCUT2D eigenvalue weighted by atomic mass is 16.5. The lowest BCUT2D eigenvalue weighted by Crippen LogP contribution is -2.57. The molecule has 24 heavy (non-hydrogen) atoms. The molecule has 1 aromatic carbocycles. The van der Waals surface area contributed by atoms with Crippen LogP contribution in [-0.4, -0.2) is 36.7 Å². The molecule has 1 N–H and O–H groups in total. The van der Waals surface area contributed by atoms with Crippen LogP contribution in [0, 0.1) is 0 Å². The zero-order chi connectivity index (χ0) is 17.0. The van der Waals surface area contributed by atoms with Crippen molar-refractivity contribution in [3.05, 3.63) is 35.4 Å². The standard InChI is InChI=1S/C19H25NO4/c1-2-23-18(22)19(11-14-7-3-4-8-15(14)12-19)20-17(21)13-24-16-9-5-6-10-16/h3-4,7-8,16H,2,5-6,9-13H2,1H3,(H,20,21). The van der Waals surface area contributed by atoms with Gasteiger partial charge in [-0.15, -0.1) is 0 Å². The summed E-state index contributed by atoms with van der Waals surface area (Å²) in [6.07, 6.45) is 5.47. The summed E-state index contributed by atoms with van der Waals surface area (Å²) in [6, 6.07) is 7.89. The van der Waals surface area contributed by atoms with Gasteiger partial charge in [-0.3, -0.25) is 4.79 Å². The fourth-order valence-corrected chi connectivity index (χ4v) is 3.72. The molecule has 0 unspecified atom stereocenters. The van der Waals surface area contributed by atoms with Crippen LogP contribution >= 0.6 is 0 Å². The van der Waals surface area contributed by atoms with Crippen LogP contribution in [0.2, 0.25) is 0 Å². The summed E-state index contributed by atoms with van der Waals surface area (Å²) in [4.78, 5) is 24.9. The number of nitrogens with one attached hydrogen (secondary N) is 1. The minimum Gasteiger partial charge on any atom is -0.464 e. The zero-order valence-corrected chi connectivity index (χ0v) is 14.2. The average Bonchev–Trinajstić information content (AvgIpc) is 3.20. The predicted molar refractivity (Wildman–Crippen MR) is 89.6 cm³/mol. The monoisotopic (exact) mass is 331 g/mol. The number of hydrogen-bond acceptors (Lipinski definition) is 4. The minimum absolute atomic E-state index is 0.00215. The molecule has 1 aromatic rings. The number of rotatable bonds is 6. The summed E-state index contributed by atoms with van der Waals surface area (Å²) < 4.78 is 10.9. The number of benzene rings is 1. The first kappa shape index (κ1) is 17.0. The van der Waals surface area contributed by atoms with Crippen LogP contribution in [-0.2, 0) is 31.9 Å². The van der Waals surface area contributed by atoms with Crippen molar-refractivity contribution in [3.63, 3.8) is 0 Å². The van der Waals surface area contributed by atoms with E-state index in [0.717, 1.165) is 36.8 Å². The Morgan fingerprint density at radius 2 is 1.79 bits per heavy atom. The van der Waals surface area contributed by atoms with Crippen molar-refractivity contribution in [2.75, 3.05) is 13.2 Å². The molecule has 130 valence electrons. The zero-order valence-electron chi connectivity index (χ0n) is 14.2. The maximum atomic E-state index is 12.6. The summed E-state index contributed by atoms with van der Waals surface area (Å²) >= 11 is 0. The molecule has 0 bridgehead atoms. The topological polar surface area (TPSA) is 64.6 Å². The van der Waals surface area contributed by atoms with Gasteiger partial charge in [-0.25, -0.2) is 4.79 Å². The Bertz CT molecular complexity index is 582. The summed E-state index contributed by atoms with van der Waals surface area (Å²) in [6.45, 7) is 2.08. The quantitative estimate of drug-likeness (QED) is 0.812. The molecular formula is C19H25NO4. The van der Waals surface area contributed by atoms with E-state index < -0.39 is 5.54 Å². The van der Waals surface area contributed by atoms with Crippen molar-refractivity contribution in [2.45, 2.75) is 57.1 Å². The second-order valence-corrected chi connectivity index (χ2v) is 6.69. The lowest BCUT2D eigenvalue weighted by molar-refractivity contribution is -0.153. The Kier molecular flexibility index (Phi) is 5.19. The van der Waals surface area contributed by atoms with E-state index in [2.05, 4.69) is 5.32 Å². The molecule has 1 saturated carbocycles. The third-order valence-electron chi connectivity index (χ3n) is 4.90. The molecule has 1 amide bonds. The second-order valence-electron chi connectivity index (χ2n) is 6.69. The van der Waals surface area contributed by atoms with Crippen LogP contribution in [0.1, 0.15) is 43.7 Å². The number of carbonyl (C=O) groups excluding carboxylic acids is 2. The van der Waals surface area contributed by atoms with Crippen LogP contribution < -0.4 is 5.32 Å². The SMILES string of the molecule is CCOC(=O)C1(NC(=O)COC2CCCC2)Cc2ccccc2C1.